The number of hydrogen-bond donors (Lipinski definition) is 1. The SMILES string of the molecule is CC[C@@H](C(=O)NC(C)C)N(Cc1ccccc1)C(=O)CN(c1ccc(C(C)C)cc1)S(=O)(=O)c1ccccc1. The van der Waals surface area contributed by atoms with Crippen molar-refractivity contribution >= 4 is 27.5 Å². The topological polar surface area (TPSA) is 86.8 Å². The predicted molar refractivity (Wildman–Crippen MR) is 156 cm³/mol. The third-order valence-electron chi connectivity index (χ3n) is 6.47. The van der Waals surface area contributed by atoms with Gasteiger partial charge in [-0.2, -0.15) is 0 Å². The van der Waals surface area contributed by atoms with Crippen LogP contribution in [0.4, 0.5) is 5.69 Å². The van der Waals surface area contributed by atoms with Crippen LogP contribution < -0.4 is 9.62 Å². The van der Waals surface area contributed by atoms with E-state index in [1.807, 2.05) is 63.2 Å². The van der Waals surface area contributed by atoms with Crippen LogP contribution in [0.3, 0.4) is 0 Å². The first-order valence-electron chi connectivity index (χ1n) is 13.4. The first-order valence-corrected chi connectivity index (χ1v) is 14.8. The Kier molecular flexibility index (Phi) is 10.3. The minimum atomic E-state index is -4.08. The Morgan fingerprint density at radius 1 is 0.821 bits per heavy atom. The van der Waals surface area contributed by atoms with Gasteiger partial charge in [0.05, 0.1) is 10.6 Å². The molecule has 0 fully saturated rings. The van der Waals surface area contributed by atoms with Crippen LogP contribution in [0.1, 0.15) is 58.1 Å². The Morgan fingerprint density at radius 2 is 1.38 bits per heavy atom. The number of amides is 2. The van der Waals surface area contributed by atoms with E-state index in [1.165, 1.54) is 17.0 Å². The maximum Gasteiger partial charge on any atom is 0.264 e. The molecule has 0 saturated heterocycles. The smallest absolute Gasteiger partial charge is 0.264 e. The summed E-state index contributed by atoms with van der Waals surface area (Å²) >= 11 is 0. The van der Waals surface area contributed by atoms with Crippen LogP contribution >= 0.6 is 0 Å². The normalized spacial score (nSPS) is 12.3. The van der Waals surface area contributed by atoms with Crippen LogP contribution in [-0.4, -0.2) is 43.8 Å². The van der Waals surface area contributed by atoms with Crippen molar-refractivity contribution in [3.8, 4) is 0 Å². The number of nitrogens with zero attached hydrogens (tertiary/aromatic N) is 2. The van der Waals surface area contributed by atoms with Crippen LogP contribution in [0.2, 0.25) is 0 Å². The number of sulfonamides is 1. The molecule has 0 aliphatic carbocycles. The highest BCUT2D eigenvalue weighted by molar-refractivity contribution is 7.92. The Bertz CT molecular complexity index is 1330. The Hall–Kier alpha value is -3.65. The molecule has 2 amide bonds. The van der Waals surface area contributed by atoms with Crippen molar-refractivity contribution in [1.29, 1.82) is 0 Å². The highest BCUT2D eigenvalue weighted by Gasteiger charge is 2.33. The van der Waals surface area contributed by atoms with Crippen molar-refractivity contribution in [2.24, 2.45) is 0 Å². The van der Waals surface area contributed by atoms with Gasteiger partial charge >= 0.3 is 0 Å². The molecule has 39 heavy (non-hydrogen) atoms. The first-order chi connectivity index (χ1) is 18.5. The standard InChI is InChI=1S/C31H39N3O4S/c1-6-29(31(36)32-24(4)5)33(21-25-13-9-7-10-14-25)30(35)22-34(27-19-17-26(18-20-27)23(2)3)39(37,38)28-15-11-8-12-16-28/h7-20,23-24,29H,6,21-22H2,1-5H3,(H,32,36)/t29-/m0/s1. The summed E-state index contributed by atoms with van der Waals surface area (Å²) in [5, 5.41) is 2.91. The second-order valence-electron chi connectivity index (χ2n) is 10.2. The molecule has 0 aromatic heterocycles. The van der Waals surface area contributed by atoms with Gasteiger partial charge in [-0.3, -0.25) is 13.9 Å². The Labute approximate surface area is 232 Å². The van der Waals surface area contributed by atoms with E-state index in [0.717, 1.165) is 15.4 Å². The molecule has 0 radical (unpaired) electrons. The van der Waals surface area contributed by atoms with E-state index in [9.17, 15) is 18.0 Å². The van der Waals surface area contributed by atoms with Gasteiger partial charge in [-0.15, -0.1) is 0 Å². The lowest BCUT2D eigenvalue weighted by molar-refractivity contribution is -0.140. The van der Waals surface area contributed by atoms with Gasteiger partial charge in [0.2, 0.25) is 11.8 Å². The molecule has 0 aliphatic rings. The predicted octanol–water partition coefficient (Wildman–Crippen LogP) is 5.34. The van der Waals surface area contributed by atoms with Gasteiger partial charge in [0, 0.05) is 12.6 Å². The fourth-order valence-corrected chi connectivity index (χ4v) is 5.79. The van der Waals surface area contributed by atoms with Crippen molar-refractivity contribution in [1.82, 2.24) is 10.2 Å². The average Bonchev–Trinajstić information content (AvgIpc) is 2.92. The molecule has 3 aromatic rings. The maximum absolute atomic E-state index is 14.0. The van der Waals surface area contributed by atoms with E-state index in [4.69, 9.17) is 0 Å². The fourth-order valence-electron chi connectivity index (χ4n) is 4.35. The summed E-state index contributed by atoms with van der Waals surface area (Å²) in [6.45, 7) is 9.42. The Balaban J connectivity index is 2.05. The number of benzene rings is 3. The molecule has 3 aromatic carbocycles. The maximum atomic E-state index is 14.0. The number of hydrogen-bond acceptors (Lipinski definition) is 4. The Morgan fingerprint density at radius 3 is 1.90 bits per heavy atom. The third-order valence-corrected chi connectivity index (χ3v) is 8.26. The molecule has 208 valence electrons. The van der Waals surface area contributed by atoms with E-state index in [1.54, 1.807) is 30.3 Å². The van der Waals surface area contributed by atoms with Gasteiger partial charge in [0.15, 0.2) is 0 Å². The largest absolute Gasteiger partial charge is 0.352 e. The molecule has 1 N–H and O–H groups in total. The summed E-state index contributed by atoms with van der Waals surface area (Å²) in [4.78, 5) is 28.8. The lowest BCUT2D eigenvalue weighted by Gasteiger charge is -2.33. The van der Waals surface area contributed by atoms with Crippen LogP contribution in [0.15, 0.2) is 89.8 Å². The van der Waals surface area contributed by atoms with Crippen LogP contribution in [-0.2, 0) is 26.2 Å². The number of anilines is 1. The summed E-state index contributed by atoms with van der Waals surface area (Å²) in [5.41, 5.74) is 2.29. The molecule has 0 unspecified atom stereocenters. The van der Waals surface area contributed by atoms with E-state index >= 15 is 0 Å². The van der Waals surface area contributed by atoms with Gasteiger partial charge in [0.25, 0.3) is 10.0 Å². The molecule has 0 bridgehead atoms. The summed E-state index contributed by atoms with van der Waals surface area (Å²) < 4.78 is 28.9. The molecular weight excluding hydrogens is 510 g/mol. The lowest BCUT2D eigenvalue weighted by Crippen LogP contribution is -2.53. The quantitative estimate of drug-likeness (QED) is 0.331. The molecule has 0 saturated carbocycles. The zero-order valence-corrected chi connectivity index (χ0v) is 24.2. The highest BCUT2D eigenvalue weighted by Crippen LogP contribution is 2.26. The van der Waals surface area contributed by atoms with Crippen LogP contribution in [0.5, 0.6) is 0 Å². The van der Waals surface area contributed by atoms with Gasteiger partial charge in [-0.1, -0.05) is 81.4 Å². The average molecular weight is 550 g/mol. The molecule has 7 nitrogen and oxygen atoms in total. The minimum absolute atomic E-state index is 0.0879. The van der Waals surface area contributed by atoms with Crippen molar-refractivity contribution < 1.29 is 18.0 Å². The van der Waals surface area contributed by atoms with Gasteiger partial charge in [-0.05, 0) is 61.6 Å². The molecule has 1 atom stereocenters. The number of rotatable bonds is 12. The first kappa shape index (κ1) is 29.9. The second-order valence-corrected chi connectivity index (χ2v) is 12.0. The number of nitrogens with one attached hydrogen (secondary N) is 1. The van der Waals surface area contributed by atoms with E-state index < -0.39 is 28.5 Å². The molecule has 0 spiro atoms. The number of carbonyl (C=O) groups excluding carboxylic acids is 2. The van der Waals surface area contributed by atoms with Gasteiger partial charge < -0.3 is 10.2 Å². The van der Waals surface area contributed by atoms with E-state index in [0.29, 0.717) is 12.1 Å². The summed E-state index contributed by atoms with van der Waals surface area (Å²) in [7, 11) is -4.08. The molecule has 3 rings (SSSR count). The van der Waals surface area contributed by atoms with E-state index in [2.05, 4.69) is 19.2 Å². The lowest BCUT2D eigenvalue weighted by atomic mass is 10.0. The summed E-state index contributed by atoms with van der Waals surface area (Å²) in [6.07, 6.45) is 0.381. The van der Waals surface area contributed by atoms with Crippen molar-refractivity contribution in [3.05, 3.63) is 96.1 Å². The molecular formula is C31H39N3O4S. The summed E-state index contributed by atoms with van der Waals surface area (Å²) in [6, 6.07) is 23.8. The number of carbonyl (C=O) groups is 2. The van der Waals surface area contributed by atoms with E-state index in [-0.39, 0.29) is 29.3 Å². The third kappa shape index (κ3) is 7.69. The van der Waals surface area contributed by atoms with Gasteiger partial charge in [-0.25, -0.2) is 8.42 Å². The minimum Gasteiger partial charge on any atom is -0.352 e. The fraction of sp³-hybridized carbons (Fsp3) is 0.355. The van der Waals surface area contributed by atoms with Crippen molar-refractivity contribution in [2.75, 3.05) is 10.8 Å². The second kappa shape index (κ2) is 13.4. The highest BCUT2D eigenvalue weighted by atomic mass is 32.2. The van der Waals surface area contributed by atoms with Crippen molar-refractivity contribution in [3.63, 3.8) is 0 Å². The van der Waals surface area contributed by atoms with Crippen molar-refractivity contribution in [2.45, 2.75) is 70.5 Å². The zero-order chi connectivity index (χ0) is 28.6. The molecule has 0 heterocycles. The molecule has 0 aliphatic heterocycles. The van der Waals surface area contributed by atoms with Gasteiger partial charge in [0.1, 0.15) is 12.6 Å². The summed E-state index contributed by atoms with van der Waals surface area (Å²) in [5.74, 6) is -0.460. The zero-order valence-electron chi connectivity index (χ0n) is 23.4. The monoisotopic (exact) mass is 549 g/mol. The molecule has 8 heteroatoms. The van der Waals surface area contributed by atoms with Crippen LogP contribution in [0.25, 0.3) is 0 Å². The van der Waals surface area contributed by atoms with Crippen LogP contribution in [0, 0.1) is 0 Å².